The van der Waals surface area contributed by atoms with Crippen LogP contribution in [-0.2, 0) is 9.53 Å². The molecule has 0 fully saturated rings. The lowest BCUT2D eigenvalue weighted by atomic mass is 10.2. The molecule has 1 aromatic carbocycles. The van der Waals surface area contributed by atoms with Crippen LogP contribution >= 0.6 is 11.6 Å². The molecule has 0 aliphatic heterocycles. The Labute approximate surface area is 116 Å². The van der Waals surface area contributed by atoms with Crippen molar-refractivity contribution in [2.45, 2.75) is 13.8 Å². The number of hydrogen-bond donors (Lipinski definition) is 2. The third kappa shape index (κ3) is 6.96. The maximum atomic E-state index is 10.1. The fraction of sp³-hybridized carbons (Fsp3) is 0.231. The van der Waals surface area contributed by atoms with E-state index in [4.69, 9.17) is 27.7 Å². The number of carboxylic acids is 1. The quantitative estimate of drug-likeness (QED) is 0.384. The minimum absolute atomic E-state index is 0.360. The van der Waals surface area contributed by atoms with Gasteiger partial charge < -0.3 is 15.6 Å². The number of nitrogen functional groups attached to an aromatic ring is 1. The summed E-state index contributed by atoms with van der Waals surface area (Å²) in [7, 11) is 0. The van der Waals surface area contributed by atoms with Gasteiger partial charge in [0.2, 0.25) is 0 Å². The van der Waals surface area contributed by atoms with E-state index >= 15 is 0 Å². The van der Waals surface area contributed by atoms with Gasteiger partial charge in [-0.3, -0.25) is 0 Å². The molecule has 0 heterocycles. The Morgan fingerprint density at radius 3 is 2.63 bits per heavy atom. The molecule has 5 nitrogen and oxygen atoms in total. The molecule has 0 radical (unpaired) electrons. The third-order valence-electron chi connectivity index (χ3n) is 1.91. The predicted molar refractivity (Wildman–Crippen MR) is 73.6 cm³/mol. The van der Waals surface area contributed by atoms with Gasteiger partial charge in [0, 0.05) is 10.7 Å². The van der Waals surface area contributed by atoms with Crippen molar-refractivity contribution in [3.8, 4) is 6.07 Å². The number of ether oxygens (including phenoxy) is 1. The monoisotopic (exact) mass is 282 g/mol. The summed E-state index contributed by atoms with van der Waals surface area (Å²) in [5.41, 5.74) is 6.83. The molecule has 0 bridgehead atoms. The van der Waals surface area contributed by atoms with Gasteiger partial charge in [0.15, 0.2) is 5.57 Å². The first-order valence-electron chi connectivity index (χ1n) is 5.39. The van der Waals surface area contributed by atoms with Crippen molar-refractivity contribution in [3.05, 3.63) is 40.6 Å². The molecule has 0 aliphatic carbocycles. The van der Waals surface area contributed by atoms with Gasteiger partial charge in [-0.2, -0.15) is 5.26 Å². The van der Waals surface area contributed by atoms with E-state index in [0.717, 1.165) is 16.8 Å². The van der Waals surface area contributed by atoms with E-state index < -0.39 is 5.97 Å². The summed E-state index contributed by atoms with van der Waals surface area (Å²) < 4.78 is 4.58. The zero-order chi connectivity index (χ0) is 14.8. The molecular formula is C13H15ClN2O3. The van der Waals surface area contributed by atoms with E-state index in [0.29, 0.717) is 12.3 Å². The molecule has 1 aromatic rings. The molecule has 0 saturated carbocycles. The lowest BCUT2D eigenvalue weighted by Gasteiger charge is -1.96. The van der Waals surface area contributed by atoms with Gasteiger partial charge in [0.05, 0.1) is 6.61 Å². The minimum atomic E-state index is -1.27. The number of aryl methyl sites for hydroxylation is 1. The molecule has 6 heteroatoms. The highest BCUT2D eigenvalue weighted by Gasteiger charge is 2.04. The number of benzene rings is 1. The minimum Gasteiger partial charge on any atom is -0.500 e. The Balaban J connectivity index is 0.000000342. The van der Waals surface area contributed by atoms with Gasteiger partial charge in [-0.1, -0.05) is 17.7 Å². The summed E-state index contributed by atoms with van der Waals surface area (Å²) in [6.07, 6.45) is 0.933. The van der Waals surface area contributed by atoms with Crippen LogP contribution in [0.1, 0.15) is 12.5 Å². The van der Waals surface area contributed by atoms with E-state index in [-0.39, 0.29) is 5.57 Å². The maximum Gasteiger partial charge on any atom is 0.349 e. The topological polar surface area (TPSA) is 96.3 Å². The molecule has 0 aliphatic rings. The highest BCUT2D eigenvalue weighted by Crippen LogP contribution is 2.17. The Kier molecular flexibility index (Phi) is 7.82. The Morgan fingerprint density at radius 1 is 1.63 bits per heavy atom. The van der Waals surface area contributed by atoms with Gasteiger partial charge in [-0.25, -0.2) is 4.79 Å². The zero-order valence-electron chi connectivity index (χ0n) is 10.7. The second-order valence-electron chi connectivity index (χ2n) is 3.41. The number of halogens is 1. The standard InChI is InChI=1S/C7H8ClN.C6H7NO3/c1-5-2-3-6(9)4-7(5)8;1-2-10-4-5(3-7)6(8)9/h2-4H,9H2,1H3;4H,2H2,1H3,(H,8,9)/b;5-4-. The fourth-order valence-electron chi connectivity index (χ4n) is 0.900. The van der Waals surface area contributed by atoms with Crippen LogP contribution in [0.3, 0.4) is 0 Å². The van der Waals surface area contributed by atoms with E-state index in [1.165, 1.54) is 6.07 Å². The third-order valence-corrected chi connectivity index (χ3v) is 2.32. The molecule has 0 spiro atoms. The van der Waals surface area contributed by atoms with Crippen molar-refractivity contribution in [1.29, 1.82) is 5.26 Å². The second kappa shape index (κ2) is 8.84. The largest absolute Gasteiger partial charge is 0.500 e. The number of nitriles is 1. The Morgan fingerprint density at radius 2 is 2.26 bits per heavy atom. The summed E-state index contributed by atoms with van der Waals surface area (Å²) in [5.74, 6) is -1.27. The molecule has 0 amide bonds. The predicted octanol–water partition coefficient (Wildman–Crippen LogP) is 2.75. The summed E-state index contributed by atoms with van der Waals surface area (Å²) in [6.45, 7) is 4.01. The number of carboxylic acid groups (broad SMARTS) is 1. The van der Waals surface area contributed by atoms with E-state index in [1.807, 2.05) is 19.1 Å². The fourth-order valence-corrected chi connectivity index (χ4v) is 1.09. The van der Waals surface area contributed by atoms with E-state index in [1.54, 1.807) is 13.0 Å². The molecule has 102 valence electrons. The van der Waals surface area contributed by atoms with E-state index in [9.17, 15) is 4.79 Å². The number of carbonyl (C=O) groups is 1. The van der Waals surface area contributed by atoms with Crippen LogP contribution in [0.25, 0.3) is 0 Å². The van der Waals surface area contributed by atoms with Crippen LogP contribution in [0.4, 0.5) is 5.69 Å². The van der Waals surface area contributed by atoms with Crippen LogP contribution < -0.4 is 5.73 Å². The lowest BCUT2D eigenvalue weighted by Crippen LogP contribution is -1.98. The summed E-state index contributed by atoms with van der Waals surface area (Å²) >= 11 is 5.73. The van der Waals surface area contributed by atoms with Crippen molar-refractivity contribution in [3.63, 3.8) is 0 Å². The Hall–Kier alpha value is -2.19. The molecule has 0 atom stereocenters. The number of hydrogen-bond acceptors (Lipinski definition) is 4. The van der Waals surface area contributed by atoms with Crippen LogP contribution in [0, 0.1) is 18.3 Å². The number of aliphatic carboxylic acids is 1. The van der Waals surface area contributed by atoms with Crippen LogP contribution in [0.5, 0.6) is 0 Å². The molecule has 0 unspecified atom stereocenters. The highest BCUT2D eigenvalue weighted by molar-refractivity contribution is 6.31. The number of rotatable bonds is 3. The summed E-state index contributed by atoms with van der Waals surface area (Å²) in [5, 5.41) is 17.1. The zero-order valence-corrected chi connectivity index (χ0v) is 11.4. The van der Waals surface area contributed by atoms with Gasteiger partial charge in [-0.15, -0.1) is 0 Å². The molecule has 0 aromatic heterocycles. The molecular weight excluding hydrogens is 268 g/mol. The van der Waals surface area contributed by atoms with E-state index in [2.05, 4.69) is 4.74 Å². The van der Waals surface area contributed by atoms with Crippen LogP contribution in [0.15, 0.2) is 30.0 Å². The lowest BCUT2D eigenvalue weighted by molar-refractivity contribution is -0.132. The van der Waals surface area contributed by atoms with Gasteiger partial charge in [0.1, 0.15) is 12.3 Å². The molecule has 3 N–H and O–H groups in total. The second-order valence-corrected chi connectivity index (χ2v) is 3.82. The van der Waals surface area contributed by atoms with Crippen LogP contribution in [0.2, 0.25) is 5.02 Å². The summed E-state index contributed by atoms with van der Waals surface area (Å²) in [6, 6.07) is 6.95. The van der Waals surface area contributed by atoms with Crippen molar-refractivity contribution >= 4 is 23.3 Å². The molecule has 19 heavy (non-hydrogen) atoms. The molecule has 1 rings (SSSR count). The SMILES string of the molecule is CCO/C=C(/C#N)C(=O)O.Cc1ccc(N)cc1Cl. The van der Waals surface area contributed by atoms with Gasteiger partial charge in [0.25, 0.3) is 0 Å². The van der Waals surface area contributed by atoms with Crippen molar-refractivity contribution in [2.75, 3.05) is 12.3 Å². The number of nitrogens with zero attached hydrogens (tertiary/aromatic N) is 1. The maximum absolute atomic E-state index is 10.1. The summed E-state index contributed by atoms with van der Waals surface area (Å²) in [4.78, 5) is 10.1. The normalized spacial score (nSPS) is 9.89. The van der Waals surface area contributed by atoms with Gasteiger partial charge in [-0.05, 0) is 31.5 Å². The van der Waals surface area contributed by atoms with Crippen LogP contribution in [-0.4, -0.2) is 17.7 Å². The highest BCUT2D eigenvalue weighted by atomic mass is 35.5. The molecule has 0 saturated heterocycles. The van der Waals surface area contributed by atoms with Crippen molar-refractivity contribution in [2.24, 2.45) is 0 Å². The first-order chi connectivity index (χ1) is 8.92. The smallest absolute Gasteiger partial charge is 0.349 e. The van der Waals surface area contributed by atoms with Crippen molar-refractivity contribution in [1.82, 2.24) is 0 Å². The number of nitrogens with two attached hydrogens (primary N) is 1. The average Bonchev–Trinajstić information content (AvgIpc) is 2.35. The first-order valence-corrected chi connectivity index (χ1v) is 5.77. The van der Waals surface area contributed by atoms with Gasteiger partial charge >= 0.3 is 5.97 Å². The first kappa shape index (κ1) is 16.8. The average molecular weight is 283 g/mol. The Bertz CT molecular complexity index is 507. The van der Waals surface area contributed by atoms with Crippen molar-refractivity contribution < 1.29 is 14.6 Å². The number of anilines is 1.